The summed E-state index contributed by atoms with van der Waals surface area (Å²) in [5.74, 6) is 9.81. The van der Waals surface area contributed by atoms with Gasteiger partial charge in [0.2, 0.25) is 0 Å². The van der Waals surface area contributed by atoms with E-state index in [4.69, 9.17) is 31.1 Å². The maximum Gasteiger partial charge on any atom is 0.192 e. The molecule has 20 nitrogen and oxygen atoms in total. The zero-order valence-electron chi connectivity index (χ0n) is 41.9. The number of fused-ring (bicyclic) bond motifs is 3. The Morgan fingerprint density at radius 3 is 1.44 bits per heavy atom. The molecule has 0 fully saturated rings. The molecule has 0 aliphatic carbocycles. The van der Waals surface area contributed by atoms with Crippen LogP contribution in [0.3, 0.4) is 0 Å². The molecule has 9 aromatic heterocycles. The number of rotatable bonds is 13. The Bertz CT molecular complexity index is 4060. The van der Waals surface area contributed by atoms with Crippen molar-refractivity contribution in [2.24, 2.45) is 0 Å². The summed E-state index contributed by atoms with van der Waals surface area (Å²) in [6.07, 6.45) is 6.50. The summed E-state index contributed by atoms with van der Waals surface area (Å²) in [6.45, 7) is 1.29. The summed E-state index contributed by atoms with van der Waals surface area (Å²) in [7, 11) is 3.95. The van der Waals surface area contributed by atoms with Crippen molar-refractivity contribution in [3.05, 3.63) is 216 Å². The number of hydrogen-bond acceptors (Lipinski definition) is 17. The summed E-state index contributed by atoms with van der Waals surface area (Å²) in [4.78, 5) is 14.0. The van der Waals surface area contributed by atoms with Crippen molar-refractivity contribution in [1.82, 2.24) is 79.3 Å². The quantitative estimate of drug-likeness (QED) is 0.0777. The van der Waals surface area contributed by atoms with Gasteiger partial charge in [-0.15, -0.1) is 30.6 Å². The largest absolute Gasteiger partial charge is 0.485 e. The van der Waals surface area contributed by atoms with Gasteiger partial charge in [0.1, 0.15) is 54.0 Å². The molecule has 0 bridgehead atoms. The molecular weight excluding hydrogens is 1010 g/mol. The molecule has 0 aliphatic heterocycles. The summed E-state index contributed by atoms with van der Waals surface area (Å²) in [6, 6.07) is 51.7. The van der Waals surface area contributed by atoms with Crippen molar-refractivity contribution < 1.29 is 14.2 Å². The molecule has 3 aromatic carbocycles. The van der Waals surface area contributed by atoms with E-state index >= 15 is 0 Å². The molecule has 0 amide bonds. The van der Waals surface area contributed by atoms with Crippen LogP contribution in [0.5, 0.6) is 17.2 Å². The van der Waals surface area contributed by atoms with Gasteiger partial charge >= 0.3 is 0 Å². The fraction of sp³-hybridized carbons (Fsp3) is 0.105. The predicted molar refractivity (Wildman–Crippen MR) is 290 cm³/mol. The van der Waals surface area contributed by atoms with Gasteiger partial charge in [-0.2, -0.15) is 34.1 Å². The van der Waals surface area contributed by atoms with Gasteiger partial charge in [-0.25, -0.2) is 9.97 Å². The zero-order chi connectivity index (χ0) is 53.5. The van der Waals surface area contributed by atoms with Gasteiger partial charge in [0, 0.05) is 53.6 Å². The fourth-order valence-corrected chi connectivity index (χ4v) is 7.59. The molecule has 0 radical (unpaired) electrons. The standard InChI is InChI=1S/C22H20N6O.C18H12N6O.C17H12ClN5O/c1-27(2)14-6-9-18-15-23-13-12-20(18)29-16-22-25-24-21-11-10-19(26-28(21)22)17-7-4-3-5-8-17;19-11-14-10-15(8-9-20-14)25-12-18-22-21-17-7-6-16(23-24(17)18)13-4-2-1-3-5-13;18-15-10-13(8-9-19-15)24-11-17-21-20-16-7-6-14(22-23(16)17)12-4-2-1-3-5-12/h3-5,7-8,10-13,15H,14,16H2,1-2H3;1-10H,12H2;1-10H,11H2. The van der Waals surface area contributed by atoms with Gasteiger partial charge in [0.05, 0.1) is 29.2 Å². The molecule has 0 saturated carbocycles. The summed E-state index contributed by atoms with van der Waals surface area (Å²) < 4.78 is 22.4. The number of halogens is 1. The predicted octanol–water partition coefficient (Wildman–Crippen LogP) is 8.73. The highest BCUT2D eigenvalue weighted by Crippen LogP contribution is 2.22. The first-order valence-corrected chi connectivity index (χ1v) is 24.5. The molecule has 382 valence electrons. The highest BCUT2D eigenvalue weighted by atomic mass is 35.5. The number of pyridine rings is 3. The van der Waals surface area contributed by atoms with Crippen LogP contribution in [0.1, 0.15) is 28.7 Å². The lowest BCUT2D eigenvalue weighted by Gasteiger charge is -2.07. The second kappa shape index (κ2) is 24.7. The Labute approximate surface area is 451 Å². The average molecular weight is 1050 g/mol. The van der Waals surface area contributed by atoms with Crippen LogP contribution in [0.15, 0.2) is 183 Å². The Morgan fingerprint density at radius 1 is 0.513 bits per heavy atom. The first-order chi connectivity index (χ1) is 38.3. The van der Waals surface area contributed by atoms with E-state index < -0.39 is 0 Å². The number of nitriles is 1. The molecule has 9 heterocycles. The lowest BCUT2D eigenvalue weighted by molar-refractivity contribution is 0.291. The topological polar surface area (TPSA) is 223 Å². The lowest BCUT2D eigenvalue weighted by Crippen LogP contribution is -2.10. The second-order valence-corrected chi connectivity index (χ2v) is 17.4. The number of aromatic nitrogens is 15. The third-order valence-electron chi connectivity index (χ3n) is 11.2. The van der Waals surface area contributed by atoms with Crippen LogP contribution in [-0.4, -0.2) is 99.9 Å². The highest BCUT2D eigenvalue weighted by molar-refractivity contribution is 6.29. The van der Waals surface area contributed by atoms with E-state index in [9.17, 15) is 0 Å². The minimum atomic E-state index is 0.182. The number of ether oxygens (including phenoxy) is 3. The van der Waals surface area contributed by atoms with Gasteiger partial charge in [0.25, 0.3) is 0 Å². The average Bonchev–Trinajstić information content (AvgIpc) is 4.28. The van der Waals surface area contributed by atoms with Crippen LogP contribution < -0.4 is 14.2 Å². The van der Waals surface area contributed by atoms with Crippen LogP contribution in [0.2, 0.25) is 5.15 Å². The maximum absolute atomic E-state index is 8.89. The summed E-state index contributed by atoms with van der Waals surface area (Å²) in [5, 5.41) is 48.1. The van der Waals surface area contributed by atoms with Gasteiger partial charge in [-0.3, -0.25) is 9.88 Å². The normalized spacial score (nSPS) is 10.7. The molecule has 0 atom stereocenters. The molecule has 78 heavy (non-hydrogen) atoms. The van der Waals surface area contributed by atoms with Gasteiger partial charge in [-0.05, 0) is 68.7 Å². The van der Waals surface area contributed by atoms with Crippen LogP contribution in [0.4, 0.5) is 0 Å². The molecule has 0 spiro atoms. The number of benzene rings is 3. The Morgan fingerprint density at radius 2 is 0.974 bits per heavy atom. The van der Waals surface area contributed by atoms with Crippen LogP contribution >= 0.6 is 11.6 Å². The van der Waals surface area contributed by atoms with Crippen LogP contribution in [0, 0.1) is 23.2 Å². The Kier molecular flexibility index (Phi) is 16.1. The summed E-state index contributed by atoms with van der Waals surface area (Å²) >= 11 is 5.85. The minimum Gasteiger partial charge on any atom is -0.485 e. The van der Waals surface area contributed by atoms with Gasteiger partial charge < -0.3 is 14.2 Å². The van der Waals surface area contributed by atoms with E-state index in [0.717, 1.165) is 39.3 Å². The molecular formula is C57H44ClN17O3. The van der Waals surface area contributed by atoms with Crippen molar-refractivity contribution in [2.75, 3.05) is 20.6 Å². The highest BCUT2D eigenvalue weighted by Gasteiger charge is 2.14. The monoisotopic (exact) mass is 1050 g/mol. The fourth-order valence-electron chi connectivity index (χ4n) is 7.43. The number of nitrogens with zero attached hydrogens (tertiary/aromatic N) is 17. The van der Waals surface area contributed by atoms with E-state index in [1.54, 1.807) is 62.5 Å². The molecule has 12 aromatic rings. The minimum absolute atomic E-state index is 0.182. The van der Waals surface area contributed by atoms with E-state index in [-0.39, 0.29) is 19.8 Å². The molecule has 0 aliphatic rings. The van der Waals surface area contributed by atoms with Crippen molar-refractivity contribution in [3.8, 4) is 68.9 Å². The van der Waals surface area contributed by atoms with Crippen molar-refractivity contribution in [3.63, 3.8) is 0 Å². The van der Waals surface area contributed by atoms with Gasteiger partial charge in [-0.1, -0.05) is 114 Å². The smallest absolute Gasteiger partial charge is 0.192 e. The Balaban J connectivity index is 0.000000133. The van der Waals surface area contributed by atoms with E-state index in [0.29, 0.717) is 69.1 Å². The van der Waals surface area contributed by atoms with Crippen LogP contribution in [-0.2, 0) is 19.8 Å². The maximum atomic E-state index is 8.89. The van der Waals surface area contributed by atoms with Gasteiger partial charge in [0.15, 0.2) is 34.4 Å². The zero-order valence-corrected chi connectivity index (χ0v) is 42.6. The van der Waals surface area contributed by atoms with Crippen LogP contribution in [0.25, 0.3) is 50.7 Å². The third kappa shape index (κ3) is 12.9. The molecule has 21 heteroatoms. The van der Waals surface area contributed by atoms with Crippen molar-refractivity contribution in [1.29, 1.82) is 5.26 Å². The summed E-state index contributed by atoms with van der Waals surface area (Å²) in [5.41, 5.74) is 8.60. The third-order valence-corrected chi connectivity index (χ3v) is 11.4. The van der Waals surface area contributed by atoms with Crippen molar-refractivity contribution >= 4 is 28.5 Å². The molecule has 0 saturated heterocycles. The first kappa shape index (κ1) is 51.0. The SMILES string of the molecule is CN(C)CC#Cc1cnccc1OCc1nnc2ccc(-c3ccccc3)nn12.Clc1cc(OCc2nnc3ccc(-c4ccccc4)nn23)ccn1.N#Cc1cc(OCc2nnc3ccc(-c4ccccc4)nn23)ccn1. The molecule has 0 unspecified atom stereocenters. The lowest BCUT2D eigenvalue weighted by atomic mass is 10.1. The number of hydrogen-bond donors (Lipinski definition) is 0. The van der Waals surface area contributed by atoms with Crippen molar-refractivity contribution in [2.45, 2.75) is 19.8 Å². The van der Waals surface area contributed by atoms with E-state index in [2.05, 4.69) is 72.7 Å². The van der Waals surface area contributed by atoms with E-state index in [1.807, 2.05) is 152 Å². The van der Waals surface area contributed by atoms with E-state index in [1.165, 1.54) is 6.20 Å². The second-order valence-electron chi connectivity index (χ2n) is 17.0. The molecule has 0 N–H and O–H groups in total. The first-order valence-electron chi connectivity index (χ1n) is 24.1. The molecule has 12 rings (SSSR count). The Hall–Kier alpha value is -10.5.